The van der Waals surface area contributed by atoms with E-state index in [1.54, 1.807) is 6.26 Å². The van der Waals surface area contributed by atoms with E-state index in [4.69, 9.17) is 4.42 Å². The highest BCUT2D eigenvalue weighted by Gasteiger charge is 2.16. The van der Waals surface area contributed by atoms with Crippen LogP contribution in [0.25, 0.3) is 0 Å². The van der Waals surface area contributed by atoms with Crippen LogP contribution in [-0.2, 0) is 0 Å². The van der Waals surface area contributed by atoms with Gasteiger partial charge in [-0.1, -0.05) is 12.2 Å². The van der Waals surface area contributed by atoms with E-state index in [9.17, 15) is 0 Å². The van der Waals surface area contributed by atoms with Crippen LogP contribution in [0.1, 0.15) is 37.4 Å². The first kappa shape index (κ1) is 9.46. The van der Waals surface area contributed by atoms with Crippen LogP contribution >= 0.6 is 0 Å². The van der Waals surface area contributed by atoms with Crippen molar-refractivity contribution in [1.82, 2.24) is 10.3 Å². The highest BCUT2D eigenvalue weighted by molar-refractivity contribution is 5.04. The van der Waals surface area contributed by atoms with Crippen LogP contribution in [0.15, 0.2) is 22.8 Å². The topological polar surface area (TPSA) is 38.1 Å². The molecule has 0 bridgehead atoms. The van der Waals surface area contributed by atoms with Gasteiger partial charge in [-0.05, 0) is 19.8 Å². The predicted octanol–water partition coefficient (Wildman–Crippen LogP) is 2.35. The van der Waals surface area contributed by atoms with Crippen molar-refractivity contribution in [2.24, 2.45) is 0 Å². The van der Waals surface area contributed by atoms with Crippen molar-refractivity contribution in [3.8, 4) is 0 Å². The number of nitrogens with one attached hydrogen (secondary N) is 1. The molecule has 76 valence electrons. The number of hydrogen-bond acceptors (Lipinski definition) is 3. The van der Waals surface area contributed by atoms with Gasteiger partial charge in [0.1, 0.15) is 6.26 Å². The molecule has 0 aliphatic heterocycles. The van der Waals surface area contributed by atoms with Gasteiger partial charge in [-0.25, -0.2) is 4.98 Å². The first-order valence-corrected chi connectivity index (χ1v) is 5.09. The van der Waals surface area contributed by atoms with E-state index in [2.05, 4.69) is 29.4 Å². The van der Waals surface area contributed by atoms with Gasteiger partial charge in [0.2, 0.25) is 0 Å². The third-order valence-electron chi connectivity index (χ3n) is 2.57. The number of aryl methyl sites for hydroxylation is 1. The van der Waals surface area contributed by atoms with Crippen LogP contribution in [0.3, 0.4) is 0 Å². The monoisotopic (exact) mass is 192 g/mol. The minimum atomic E-state index is 0.275. The zero-order valence-electron chi connectivity index (χ0n) is 8.66. The van der Waals surface area contributed by atoms with Gasteiger partial charge in [0, 0.05) is 13.0 Å². The Labute approximate surface area is 84.2 Å². The largest absolute Gasteiger partial charge is 0.449 e. The summed E-state index contributed by atoms with van der Waals surface area (Å²) in [4.78, 5) is 4.30. The third-order valence-corrected chi connectivity index (χ3v) is 2.57. The molecular formula is C11H16N2O. The van der Waals surface area contributed by atoms with Crippen molar-refractivity contribution in [2.75, 3.05) is 0 Å². The Morgan fingerprint density at radius 3 is 2.79 bits per heavy atom. The van der Waals surface area contributed by atoms with Gasteiger partial charge in [0.15, 0.2) is 5.89 Å². The van der Waals surface area contributed by atoms with Crippen LogP contribution in [0.2, 0.25) is 0 Å². The molecule has 0 spiro atoms. The van der Waals surface area contributed by atoms with Gasteiger partial charge < -0.3 is 9.73 Å². The Balaban J connectivity index is 1.92. The third kappa shape index (κ3) is 2.04. The summed E-state index contributed by atoms with van der Waals surface area (Å²) in [7, 11) is 0. The molecule has 0 radical (unpaired) electrons. The second-order valence-electron chi connectivity index (χ2n) is 3.82. The van der Waals surface area contributed by atoms with Crippen LogP contribution in [0, 0.1) is 6.92 Å². The fourth-order valence-electron chi connectivity index (χ4n) is 1.77. The molecule has 1 aromatic heterocycles. The Kier molecular flexibility index (Phi) is 2.68. The Hall–Kier alpha value is -1.09. The molecular weight excluding hydrogens is 176 g/mol. The highest BCUT2D eigenvalue weighted by Crippen LogP contribution is 2.16. The molecule has 1 N–H and O–H groups in total. The molecule has 1 heterocycles. The van der Waals surface area contributed by atoms with Crippen LogP contribution in [0.5, 0.6) is 0 Å². The molecule has 1 unspecified atom stereocenters. The lowest BCUT2D eigenvalue weighted by molar-refractivity contribution is 0.462. The lowest BCUT2D eigenvalue weighted by Crippen LogP contribution is -2.29. The minimum absolute atomic E-state index is 0.275. The van der Waals surface area contributed by atoms with Crippen molar-refractivity contribution in [2.45, 2.75) is 38.8 Å². The van der Waals surface area contributed by atoms with Crippen molar-refractivity contribution in [3.63, 3.8) is 0 Å². The molecule has 0 fully saturated rings. The zero-order valence-corrected chi connectivity index (χ0v) is 8.66. The molecule has 0 saturated heterocycles. The van der Waals surface area contributed by atoms with Gasteiger partial charge in [-0.3, -0.25) is 0 Å². The second kappa shape index (κ2) is 3.96. The first-order chi connectivity index (χ1) is 6.75. The standard InChI is InChI=1S/C11H16N2O/c1-8(11-7-14-9(2)13-11)12-10-5-3-4-6-10/h3-4,7-8,10,12H,5-6H2,1-2H3. The smallest absolute Gasteiger partial charge is 0.191 e. The van der Waals surface area contributed by atoms with Gasteiger partial charge in [0.05, 0.1) is 11.7 Å². The molecule has 2 rings (SSSR count). The normalized spacial score (nSPS) is 19.0. The summed E-state index contributed by atoms with van der Waals surface area (Å²) in [6.45, 7) is 3.99. The van der Waals surface area contributed by atoms with E-state index < -0.39 is 0 Å². The molecule has 1 aliphatic rings. The molecule has 3 heteroatoms. The molecule has 1 atom stereocenters. The molecule has 3 nitrogen and oxygen atoms in total. The minimum Gasteiger partial charge on any atom is -0.449 e. The van der Waals surface area contributed by atoms with Crippen LogP contribution in [0.4, 0.5) is 0 Å². The first-order valence-electron chi connectivity index (χ1n) is 5.09. The van der Waals surface area contributed by atoms with Gasteiger partial charge in [-0.15, -0.1) is 0 Å². The zero-order chi connectivity index (χ0) is 9.97. The molecule has 0 aromatic carbocycles. The van der Waals surface area contributed by atoms with E-state index >= 15 is 0 Å². The van der Waals surface area contributed by atoms with E-state index in [0.717, 1.165) is 24.4 Å². The van der Waals surface area contributed by atoms with Gasteiger partial charge >= 0.3 is 0 Å². The quantitative estimate of drug-likeness (QED) is 0.747. The Morgan fingerprint density at radius 1 is 1.50 bits per heavy atom. The van der Waals surface area contributed by atoms with Crippen molar-refractivity contribution in [1.29, 1.82) is 0 Å². The number of aromatic nitrogens is 1. The summed E-state index contributed by atoms with van der Waals surface area (Å²) in [6.07, 6.45) is 8.43. The Morgan fingerprint density at radius 2 is 2.21 bits per heavy atom. The maximum atomic E-state index is 5.18. The SMILES string of the molecule is Cc1nc(C(C)NC2CC=CC2)co1. The van der Waals surface area contributed by atoms with Crippen molar-refractivity contribution >= 4 is 0 Å². The predicted molar refractivity (Wildman–Crippen MR) is 55.0 cm³/mol. The fraction of sp³-hybridized carbons (Fsp3) is 0.545. The van der Waals surface area contributed by atoms with Crippen molar-refractivity contribution in [3.05, 3.63) is 30.0 Å². The highest BCUT2D eigenvalue weighted by atomic mass is 16.3. The number of nitrogens with zero attached hydrogens (tertiary/aromatic N) is 1. The molecule has 1 aromatic rings. The molecule has 0 amide bonds. The summed E-state index contributed by atoms with van der Waals surface area (Å²) in [6, 6.07) is 0.847. The summed E-state index contributed by atoms with van der Waals surface area (Å²) in [5.41, 5.74) is 0.995. The van der Waals surface area contributed by atoms with E-state index in [1.807, 2.05) is 6.92 Å². The summed E-state index contributed by atoms with van der Waals surface area (Å²) < 4.78 is 5.18. The fourth-order valence-corrected chi connectivity index (χ4v) is 1.77. The van der Waals surface area contributed by atoms with Gasteiger partial charge in [-0.2, -0.15) is 0 Å². The molecule has 1 aliphatic carbocycles. The molecule has 14 heavy (non-hydrogen) atoms. The molecule has 0 saturated carbocycles. The number of oxazole rings is 1. The summed E-state index contributed by atoms with van der Waals surface area (Å²) in [5.74, 6) is 0.734. The van der Waals surface area contributed by atoms with E-state index in [1.165, 1.54) is 0 Å². The van der Waals surface area contributed by atoms with Gasteiger partial charge in [0.25, 0.3) is 0 Å². The van der Waals surface area contributed by atoms with E-state index in [0.29, 0.717) is 6.04 Å². The lowest BCUT2D eigenvalue weighted by Gasteiger charge is -2.16. The van der Waals surface area contributed by atoms with Crippen molar-refractivity contribution < 1.29 is 4.42 Å². The summed E-state index contributed by atoms with van der Waals surface area (Å²) >= 11 is 0. The van der Waals surface area contributed by atoms with E-state index in [-0.39, 0.29) is 6.04 Å². The van der Waals surface area contributed by atoms with Crippen LogP contribution in [-0.4, -0.2) is 11.0 Å². The number of rotatable bonds is 3. The Bertz CT molecular complexity index is 322. The summed E-state index contributed by atoms with van der Waals surface area (Å²) in [5, 5.41) is 3.52. The van der Waals surface area contributed by atoms with Crippen LogP contribution < -0.4 is 5.32 Å². The maximum Gasteiger partial charge on any atom is 0.191 e. The number of hydrogen-bond donors (Lipinski definition) is 1. The second-order valence-corrected chi connectivity index (χ2v) is 3.82. The maximum absolute atomic E-state index is 5.18. The average Bonchev–Trinajstić information content (AvgIpc) is 2.75. The average molecular weight is 192 g/mol. The lowest BCUT2D eigenvalue weighted by atomic mass is 10.2.